The van der Waals surface area contributed by atoms with Crippen LogP contribution in [0.2, 0.25) is 5.15 Å². The molecule has 0 aliphatic rings. The summed E-state index contributed by atoms with van der Waals surface area (Å²) in [4.78, 5) is 21.1. The number of rotatable bonds is 3. The van der Waals surface area contributed by atoms with E-state index in [1.165, 1.54) is 12.4 Å². The number of anilines is 1. The predicted molar refractivity (Wildman–Crippen MR) is 84.8 cm³/mol. The molecule has 2 aromatic heterocycles. The maximum Gasteiger partial charge on any atom is 0.275 e. The van der Waals surface area contributed by atoms with Crippen LogP contribution >= 0.6 is 22.9 Å². The van der Waals surface area contributed by atoms with Gasteiger partial charge in [0.2, 0.25) is 0 Å². The summed E-state index contributed by atoms with van der Waals surface area (Å²) < 4.78 is 0. The van der Waals surface area contributed by atoms with Gasteiger partial charge in [0, 0.05) is 16.1 Å². The van der Waals surface area contributed by atoms with Gasteiger partial charge in [0.05, 0.1) is 12.4 Å². The van der Waals surface area contributed by atoms with Crippen LogP contribution in [0.15, 0.2) is 54.2 Å². The molecule has 4 nitrogen and oxygen atoms in total. The second-order valence-corrected chi connectivity index (χ2v) is 5.54. The zero-order valence-electron chi connectivity index (χ0n) is 10.8. The van der Waals surface area contributed by atoms with Gasteiger partial charge in [-0.2, -0.15) is 0 Å². The lowest BCUT2D eigenvalue weighted by Crippen LogP contribution is -2.14. The molecule has 104 valence electrons. The Morgan fingerprint density at radius 1 is 1.10 bits per heavy atom. The Morgan fingerprint density at radius 2 is 1.95 bits per heavy atom. The Balaban J connectivity index is 1.88. The third-order valence-electron chi connectivity index (χ3n) is 2.81. The minimum atomic E-state index is -0.317. The molecule has 0 radical (unpaired) electrons. The van der Waals surface area contributed by atoms with E-state index in [0.29, 0.717) is 0 Å². The molecule has 0 atom stereocenters. The summed E-state index contributed by atoms with van der Waals surface area (Å²) in [6.45, 7) is 0. The van der Waals surface area contributed by atoms with Crippen molar-refractivity contribution in [2.24, 2.45) is 0 Å². The number of thiophene rings is 1. The van der Waals surface area contributed by atoms with Gasteiger partial charge in [0.1, 0.15) is 10.8 Å². The number of nitrogens with zero attached hydrogens (tertiary/aromatic N) is 2. The number of nitrogens with one attached hydrogen (secondary N) is 1. The van der Waals surface area contributed by atoms with Crippen LogP contribution in [-0.4, -0.2) is 15.9 Å². The van der Waals surface area contributed by atoms with Crippen molar-refractivity contribution in [1.82, 2.24) is 9.97 Å². The van der Waals surface area contributed by atoms with Crippen molar-refractivity contribution < 1.29 is 4.79 Å². The molecule has 6 heteroatoms. The van der Waals surface area contributed by atoms with Crippen LogP contribution in [0.1, 0.15) is 10.5 Å². The SMILES string of the molecule is O=C(Nc1ccccc1-c1cccs1)c1cnc(Cl)cn1. The molecule has 0 unspecified atom stereocenters. The average molecular weight is 316 g/mol. The van der Waals surface area contributed by atoms with Gasteiger partial charge in [-0.3, -0.25) is 4.79 Å². The zero-order chi connectivity index (χ0) is 14.7. The smallest absolute Gasteiger partial charge is 0.275 e. The maximum atomic E-state index is 12.2. The molecule has 3 aromatic rings. The van der Waals surface area contributed by atoms with E-state index in [0.717, 1.165) is 16.1 Å². The fourth-order valence-electron chi connectivity index (χ4n) is 1.85. The van der Waals surface area contributed by atoms with Gasteiger partial charge in [-0.1, -0.05) is 35.9 Å². The second kappa shape index (κ2) is 6.03. The highest BCUT2D eigenvalue weighted by Gasteiger charge is 2.12. The first kappa shape index (κ1) is 13.7. The molecule has 2 heterocycles. The molecular formula is C15H10ClN3OS. The normalized spacial score (nSPS) is 10.3. The van der Waals surface area contributed by atoms with Crippen molar-refractivity contribution >= 4 is 34.5 Å². The van der Waals surface area contributed by atoms with Crippen LogP contribution in [0, 0.1) is 0 Å². The number of amides is 1. The van der Waals surface area contributed by atoms with Crippen LogP contribution in [0.3, 0.4) is 0 Å². The summed E-state index contributed by atoms with van der Waals surface area (Å²) in [6.07, 6.45) is 2.70. The first-order valence-electron chi connectivity index (χ1n) is 6.16. The lowest BCUT2D eigenvalue weighted by atomic mass is 10.1. The van der Waals surface area contributed by atoms with Crippen LogP contribution in [0.4, 0.5) is 5.69 Å². The van der Waals surface area contributed by atoms with Crippen LogP contribution in [0.25, 0.3) is 10.4 Å². The van der Waals surface area contributed by atoms with Gasteiger partial charge in [-0.25, -0.2) is 9.97 Å². The molecule has 0 spiro atoms. The third kappa shape index (κ3) is 3.09. The quantitative estimate of drug-likeness (QED) is 0.791. The number of benzene rings is 1. The Hall–Kier alpha value is -2.24. The standard InChI is InChI=1S/C15H10ClN3OS/c16-14-9-17-12(8-18-14)15(20)19-11-5-2-1-4-10(11)13-6-3-7-21-13/h1-9H,(H,19,20). The fraction of sp³-hybridized carbons (Fsp3) is 0. The van der Waals surface area contributed by atoms with E-state index in [9.17, 15) is 4.79 Å². The Kier molecular flexibility index (Phi) is 3.94. The first-order chi connectivity index (χ1) is 10.2. The van der Waals surface area contributed by atoms with E-state index < -0.39 is 0 Å². The minimum absolute atomic E-state index is 0.223. The number of halogens is 1. The number of para-hydroxylation sites is 1. The van der Waals surface area contributed by atoms with Crippen molar-refractivity contribution in [2.75, 3.05) is 5.32 Å². The highest BCUT2D eigenvalue weighted by molar-refractivity contribution is 7.13. The highest BCUT2D eigenvalue weighted by atomic mass is 35.5. The van der Waals surface area contributed by atoms with Gasteiger partial charge in [-0.15, -0.1) is 11.3 Å². The molecule has 21 heavy (non-hydrogen) atoms. The van der Waals surface area contributed by atoms with Crippen molar-refractivity contribution in [3.8, 4) is 10.4 Å². The largest absolute Gasteiger partial charge is 0.320 e. The van der Waals surface area contributed by atoms with Gasteiger partial charge in [-0.05, 0) is 17.5 Å². The first-order valence-corrected chi connectivity index (χ1v) is 7.41. The molecule has 1 amide bonds. The predicted octanol–water partition coefficient (Wildman–Crippen LogP) is 4.11. The van der Waals surface area contributed by atoms with Crippen molar-refractivity contribution in [3.63, 3.8) is 0 Å². The van der Waals surface area contributed by atoms with Gasteiger partial charge in [0.25, 0.3) is 5.91 Å². The van der Waals surface area contributed by atoms with Crippen LogP contribution in [0.5, 0.6) is 0 Å². The van der Waals surface area contributed by atoms with Gasteiger partial charge >= 0.3 is 0 Å². The van der Waals surface area contributed by atoms with Crippen LogP contribution in [-0.2, 0) is 0 Å². The summed E-state index contributed by atoms with van der Waals surface area (Å²) in [7, 11) is 0. The molecular weight excluding hydrogens is 306 g/mol. The monoisotopic (exact) mass is 315 g/mol. The number of carbonyl (C=O) groups is 1. The lowest BCUT2D eigenvalue weighted by molar-refractivity contribution is 0.102. The van der Waals surface area contributed by atoms with E-state index in [2.05, 4.69) is 15.3 Å². The molecule has 0 saturated heterocycles. The highest BCUT2D eigenvalue weighted by Crippen LogP contribution is 2.31. The molecule has 3 rings (SSSR count). The molecule has 0 aliphatic heterocycles. The summed E-state index contributed by atoms with van der Waals surface area (Å²) in [5.41, 5.74) is 1.94. The van der Waals surface area contributed by atoms with Crippen molar-refractivity contribution in [2.45, 2.75) is 0 Å². The Morgan fingerprint density at radius 3 is 2.67 bits per heavy atom. The minimum Gasteiger partial charge on any atom is -0.320 e. The summed E-state index contributed by atoms with van der Waals surface area (Å²) >= 11 is 7.28. The molecule has 0 aliphatic carbocycles. The molecule has 0 fully saturated rings. The molecule has 0 bridgehead atoms. The van der Waals surface area contributed by atoms with Gasteiger partial charge in [0.15, 0.2) is 0 Å². The zero-order valence-corrected chi connectivity index (χ0v) is 12.4. The Labute approximate surface area is 130 Å². The summed E-state index contributed by atoms with van der Waals surface area (Å²) in [6, 6.07) is 11.6. The number of hydrogen-bond donors (Lipinski definition) is 1. The lowest BCUT2D eigenvalue weighted by Gasteiger charge is -2.09. The number of aromatic nitrogens is 2. The van der Waals surface area contributed by atoms with E-state index >= 15 is 0 Å². The molecule has 1 N–H and O–H groups in total. The fourth-order valence-corrected chi connectivity index (χ4v) is 2.72. The van der Waals surface area contributed by atoms with Gasteiger partial charge < -0.3 is 5.32 Å². The number of carbonyl (C=O) groups excluding carboxylic acids is 1. The van der Waals surface area contributed by atoms with Crippen molar-refractivity contribution in [1.29, 1.82) is 0 Å². The topological polar surface area (TPSA) is 54.9 Å². The molecule has 0 saturated carbocycles. The molecule has 1 aromatic carbocycles. The third-order valence-corrected chi connectivity index (χ3v) is 3.91. The van der Waals surface area contributed by atoms with E-state index in [-0.39, 0.29) is 16.8 Å². The maximum absolute atomic E-state index is 12.2. The van der Waals surface area contributed by atoms with Crippen molar-refractivity contribution in [3.05, 3.63) is 65.0 Å². The van der Waals surface area contributed by atoms with Crippen LogP contribution < -0.4 is 5.32 Å². The average Bonchev–Trinajstić information content (AvgIpc) is 3.02. The van der Waals surface area contributed by atoms with E-state index in [1.54, 1.807) is 11.3 Å². The second-order valence-electron chi connectivity index (χ2n) is 4.20. The summed E-state index contributed by atoms with van der Waals surface area (Å²) in [5.74, 6) is -0.317. The van der Waals surface area contributed by atoms with E-state index in [4.69, 9.17) is 11.6 Å². The van der Waals surface area contributed by atoms with E-state index in [1.807, 2.05) is 41.8 Å². The Bertz CT molecular complexity index is 757. The summed E-state index contributed by atoms with van der Waals surface area (Å²) in [5, 5.41) is 5.11. The number of hydrogen-bond acceptors (Lipinski definition) is 4.